The van der Waals surface area contributed by atoms with Gasteiger partial charge in [-0.1, -0.05) is 30.3 Å². The number of rotatable bonds is 4. The number of nitrogens with two attached hydrogens (primary N) is 1. The summed E-state index contributed by atoms with van der Waals surface area (Å²) in [5, 5.41) is 4.46. The Kier molecular flexibility index (Phi) is 3.16. The average molecular weight is 253 g/mol. The summed E-state index contributed by atoms with van der Waals surface area (Å²) in [6.45, 7) is 0. The lowest BCUT2D eigenvalue weighted by molar-refractivity contribution is 0.519. The molecular weight excluding hydrogens is 238 g/mol. The Balaban J connectivity index is 1.74. The van der Waals surface area contributed by atoms with Crippen molar-refractivity contribution < 1.29 is 4.42 Å². The zero-order valence-corrected chi connectivity index (χ0v) is 10.4. The van der Waals surface area contributed by atoms with Gasteiger partial charge in [-0.05, 0) is 17.7 Å². The largest absolute Gasteiger partial charge is 0.447 e. The van der Waals surface area contributed by atoms with Crippen LogP contribution >= 0.6 is 0 Å². The van der Waals surface area contributed by atoms with E-state index in [2.05, 4.69) is 5.10 Å². The topological polar surface area (TPSA) is 57.0 Å². The summed E-state index contributed by atoms with van der Waals surface area (Å²) in [7, 11) is 0. The molecule has 0 fully saturated rings. The highest BCUT2D eigenvalue weighted by Crippen LogP contribution is 2.15. The summed E-state index contributed by atoms with van der Waals surface area (Å²) in [5.41, 5.74) is 8.25. The Morgan fingerprint density at radius 2 is 1.95 bits per heavy atom. The molecule has 0 bridgehead atoms. The van der Waals surface area contributed by atoms with E-state index in [1.54, 1.807) is 10.9 Å². The first-order valence-corrected chi connectivity index (χ1v) is 6.22. The molecule has 0 aliphatic rings. The highest BCUT2D eigenvalue weighted by atomic mass is 16.3. The van der Waals surface area contributed by atoms with Crippen LogP contribution in [0, 0.1) is 0 Å². The van der Waals surface area contributed by atoms with Gasteiger partial charge in [0.05, 0.1) is 12.0 Å². The molecule has 0 saturated carbocycles. The quantitative estimate of drug-likeness (QED) is 0.777. The van der Waals surface area contributed by atoms with Crippen LogP contribution in [-0.4, -0.2) is 9.78 Å². The molecule has 2 N–H and O–H groups in total. The van der Waals surface area contributed by atoms with Crippen molar-refractivity contribution in [3.8, 4) is 5.88 Å². The van der Waals surface area contributed by atoms with Crippen LogP contribution in [0.1, 0.15) is 17.3 Å². The fraction of sp³-hybridized carbons (Fsp3) is 0.133. The van der Waals surface area contributed by atoms with Crippen LogP contribution in [0.15, 0.2) is 65.4 Å². The zero-order chi connectivity index (χ0) is 13.1. The molecule has 0 saturated heterocycles. The molecule has 1 aromatic carbocycles. The van der Waals surface area contributed by atoms with Crippen LogP contribution < -0.4 is 5.73 Å². The van der Waals surface area contributed by atoms with Crippen LogP contribution in [0.2, 0.25) is 0 Å². The Bertz CT molecular complexity index is 628. The SMILES string of the molecule is NC(Cc1ccn(-c2ccco2)n1)c1ccccc1. The summed E-state index contributed by atoms with van der Waals surface area (Å²) in [5.74, 6) is 0.708. The number of benzene rings is 1. The van der Waals surface area contributed by atoms with Crippen LogP contribution in [0.25, 0.3) is 5.88 Å². The van der Waals surface area contributed by atoms with E-state index in [9.17, 15) is 0 Å². The molecule has 1 atom stereocenters. The lowest BCUT2D eigenvalue weighted by Gasteiger charge is -2.09. The van der Waals surface area contributed by atoms with Gasteiger partial charge < -0.3 is 10.2 Å². The van der Waals surface area contributed by atoms with Crippen LogP contribution in [0.5, 0.6) is 0 Å². The lowest BCUT2D eigenvalue weighted by Crippen LogP contribution is -2.13. The second-order valence-electron chi connectivity index (χ2n) is 4.42. The van der Waals surface area contributed by atoms with Crippen molar-refractivity contribution in [1.29, 1.82) is 0 Å². The van der Waals surface area contributed by atoms with E-state index in [1.165, 1.54) is 0 Å². The van der Waals surface area contributed by atoms with E-state index in [0.717, 1.165) is 11.3 Å². The Morgan fingerprint density at radius 1 is 1.11 bits per heavy atom. The third kappa shape index (κ3) is 2.58. The van der Waals surface area contributed by atoms with Crippen LogP contribution in [0.4, 0.5) is 0 Å². The minimum atomic E-state index is -0.0406. The number of furan rings is 1. The minimum absolute atomic E-state index is 0.0406. The predicted molar refractivity (Wildman–Crippen MR) is 72.9 cm³/mol. The summed E-state index contributed by atoms with van der Waals surface area (Å²) < 4.78 is 7.01. The molecule has 0 spiro atoms. The monoisotopic (exact) mass is 253 g/mol. The number of hydrogen-bond acceptors (Lipinski definition) is 3. The van der Waals surface area contributed by atoms with Crippen molar-refractivity contribution in [2.75, 3.05) is 0 Å². The fourth-order valence-electron chi connectivity index (χ4n) is 2.04. The first-order valence-electron chi connectivity index (χ1n) is 6.22. The van der Waals surface area contributed by atoms with Crippen molar-refractivity contribution in [1.82, 2.24) is 9.78 Å². The van der Waals surface area contributed by atoms with E-state index < -0.39 is 0 Å². The number of nitrogens with zero attached hydrogens (tertiary/aromatic N) is 2. The summed E-state index contributed by atoms with van der Waals surface area (Å²) in [6, 6.07) is 15.7. The fourth-order valence-corrected chi connectivity index (χ4v) is 2.04. The van der Waals surface area contributed by atoms with Crippen molar-refractivity contribution in [2.24, 2.45) is 5.73 Å². The van der Waals surface area contributed by atoms with Crippen molar-refractivity contribution in [3.05, 3.63) is 72.2 Å². The number of aromatic nitrogens is 2. The zero-order valence-electron chi connectivity index (χ0n) is 10.4. The first kappa shape index (κ1) is 11.7. The predicted octanol–water partition coefficient (Wildman–Crippen LogP) is 2.71. The molecule has 0 aliphatic heterocycles. The summed E-state index contributed by atoms with van der Waals surface area (Å²) in [6.07, 6.45) is 4.22. The Labute approximate surface area is 111 Å². The van der Waals surface area contributed by atoms with E-state index in [1.807, 2.05) is 54.7 Å². The van der Waals surface area contributed by atoms with Gasteiger partial charge in [0.2, 0.25) is 5.88 Å². The standard InChI is InChI=1S/C15H15N3O/c16-14(12-5-2-1-3-6-12)11-13-8-9-18(17-13)15-7-4-10-19-15/h1-10,14H,11,16H2. The van der Waals surface area contributed by atoms with Crippen LogP contribution in [0.3, 0.4) is 0 Å². The van der Waals surface area contributed by atoms with E-state index in [0.29, 0.717) is 12.3 Å². The van der Waals surface area contributed by atoms with Crippen molar-refractivity contribution >= 4 is 0 Å². The van der Waals surface area contributed by atoms with Gasteiger partial charge >= 0.3 is 0 Å². The normalized spacial score (nSPS) is 12.5. The summed E-state index contributed by atoms with van der Waals surface area (Å²) in [4.78, 5) is 0. The minimum Gasteiger partial charge on any atom is -0.447 e. The van der Waals surface area contributed by atoms with Gasteiger partial charge in [0.1, 0.15) is 0 Å². The van der Waals surface area contributed by atoms with E-state index in [4.69, 9.17) is 10.2 Å². The molecule has 4 nitrogen and oxygen atoms in total. The molecule has 96 valence electrons. The molecule has 4 heteroatoms. The first-order chi connectivity index (χ1) is 9.33. The highest BCUT2D eigenvalue weighted by molar-refractivity contribution is 5.22. The smallest absolute Gasteiger partial charge is 0.219 e. The lowest BCUT2D eigenvalue weighted by atomic mass is 10.0. The molecule has 3 rings (SSSR count). The third-order valence-electron chi connectivity index (χ3n) is 3.03. The van der Waals surface area contributed by atoms with Crippen molar-refractivity contribution in [2.45, 2.75) is 12.5 Å². The maximum absolute atomic E-state index is 6.18. The van der Waals surface area contributed by atoms with Gasteiger partial charge in [0, 0.05) is 24.7 Å². The maximum atomic E-state index is 6.18. The van der Waals surface area contributed by atoms with Gasteiger partial charge in [-0.3, -0.25) is 0 Å². The van der Waals surface area contributed by atoms with E-state index in [-0.39, 0.29) is 6.04 Å². The second kappa shape index (κ2) is 5.12. The second-order valence-corrected chi connectivity index (χ2v) is 4.42. The van der Waals surface area contributed by atoms with Gasteiger partial charge in [-0.25, -0.2) is 4.68 Å². The molecule has 2 heterocycles. The molecule has 19 heavy (non-hydrogen) atoms. The molecule has 0 amide bonds. The Morgan fingerprint density at radius 3 is 2.68 bits per heavy atom. The van der Waals surface area contributed by atoms with Gasteiger partial charge in [0.25, 0.3) is 0 Å². The molecule has 3 aromatic rings. The van der Waals surface area contributed by atoms with Crippen LogP contribution in [-0.2, 0) is 6.42 Å². The maximum Gasteiger partial charge on any atom is 0.219 e. The van der Waals surface area contributed by atoms with Gasteiger partial charge in [-0.15, -0.1) is 0 Å². The molecule has 2 aromatic heterocycles. The molecule has 0 radical (unpaired) electrons. The molecule has 1 unspecified atom stereocenters. The van der Waals surface area contributed by atoms with Crippen molar-refractivity contribution in [3.63, 3.8) is 0 Å². The summed E-state index contributed by atoms with van der Waals surface area (Å²) >= 11 is 0. The van der Waals surface area contributed by atoms with Gasteiger partial charge in [-0.2, -0.15) is 5.10 Å². The molecular formula is C15H15N3O. The van der Waals surface area contributed by atoms with E-state index >= 15 is 0 Å². The average Bonchev–Trinajstić information content (AvgIpc) is 3.10. The number of hydrogen-bond donors (Lipinski definition) is 1. The molecule has 0 aliphatic carbocycles. The highest BCUT2D eigenvalue weighted by Gasteiger charge is 2.09. The Hall–Kier alpha value is -2.33. The van der Waals surface area contributed by atoms with Gasteiger partial charge in [0.15, 0.2) is 0 Å². The third-order valence-corrected chi connectivity index (χ3v) is 3.03.